The van der Waals surface area contributed by atoms with Crippen molar-refractivity contribution >= 4 is 0 Å². The fraction of sp³-hybridized carbons (Fsp3) is 0.778. The quantitative estimate of drug-likeness (QED) is 0.461. The van der Waals surface area contributed by atoms with E-state index in [4.69, 9.17) is 0 Å². The molecule has 0 aromatic carbocycles. The summed E-state index contributed by atoms with van der Waals surface area (Å²) in [5.41, 5.74) is -2.15. The zero-order valence-corrected chi connectivity index (χ0v) is 10.1. The van der Waals surface area contributed by atoms with Gasteiger partial charge in [-0.3, -0.25) is 0 Å². The van der Waals surface area contributed by atoms with Gasteiger partial charge in [0.25, 0.3) is 0 Å². The van der Waals surface area contributed by atoms with E-state index in [0.717, 1.165) is 0 Å². The highest BCUT2D eigenvalue weighted by atomic mass is 19.4. The molecule has 0 bridgehead atoms. The van der Waals surface area contributed by atoms with E-state index in [9.17, 15) is 57.1 Å². The minimum Gasteiger partial charge on any atom is -0.194 e. The summed E-state index contributed by atoms with van der Waals surface area (Å²) in [6.07, 6.45) is -7.39. The van der Waals surface area contributed by atoms with Gasteiger partial charge in [0.15, 0.2) is 0 Å². The van der Waals surface area contributed by atoms with Crippen molar-refractivity contribution in [1.82, 2.24) is 0 Å². The van der Waals surface area contributed by atoms with E-state index in [1.54, 1.807) is 0 Å². The Kier molecular flexibility index (Phi) is 4.65. The molecular weight excluding hydrogens is 355 g/mol. The van der Waals surface area contributed by atoms with E-state index >= 15 is 0 Å². The highest BCUT2D eigenvalue weighted by molar-refractivity contribution is 5.18. The lowest BCUT2D eigenvalue weighted by Crippen LogP contribution is -2.70. The Bertz CT molecular complexity index is 441. The summed E-state index contributed by atoms with van der Waals surface area (Å²) in [7, 11) is 0. The van der Waals surface area contributed by atoms with Crippen molar-refractivity contribution in [1.29, 1.82) is 0 Å². The number of halogens is 13. The third kappa shape index (κ3) is 2.41. The molecule has 0 radical (unpaired) electrons. The summed E-state index contributed by atoms with van der Waals surface area (Å²) < 4.78 is 162. The number of rotatable bonds is 5. The third-order valence-corrected chi connectivity index (χ3v) is 2.47. The first-order chi connectivity index (χ1) is 9.19. The Morgan fingerprint density at radius 3 is 1.05 bits per heavy atom. The molecule has 0 aromatic heterocycles. The lowest BCUT2D eigenvalue weighted by atomic mass is 9.91. The van der Waals surface area contributed by atoms with Crippen LogP contribution in [0.2, 0.25) is 0 Å². The van der Waals surface area contributed by atoms with Crippen LogP contribution >= 0.6 is 0 Å². The fourth-order valence-electron chi connectivity index (χ4n) is 1.04. The molecule has 0 saturated heterocycles. The van der Waals surface area contributed by atoms with Crippen molar-refractivity contribution in [3.63, 3.8) is 0 Å². The normalized spacial score (nSPS) is 15.9. The first kappa shape index (κ1) is 20.8. The zero-order chi connectivity index (χ0) is 18.6. The van der Waals surface area contributed by atoms with Gasteiger partial charge in [-0.15, -0.1) is 0 Å². The number of alkyl halides is 13. The van der Waals surface area contributed by atoms with Crippen molar-refractivity contribution in [2.45, 2.75) is 42.7 Å². The van der Waals surface area contributed by atoms with Gasteiger partial charge in [0.2, 0.25) is 0 Å². The molecule has 0 aliphatic carbocycles. The van der Waals surface area contributed by atoms with Crippen LogP contribution in [0.5, 0.6) is 0 Å². The topological polar surface area (TPSA) is 0 Å². The van der Waals surface area contributed by atoms with Crippen LogP contribution in [0.1, 0.15) is 6.92 Å². The average molecular weight is 360 g/mol. The van der Waals surface area contributed by atoms with Crippen LogP contribution in [-0.2, 0) is 0 Å². The maximum Gasteiger partial charge on any atom is 0.460 e. The Hall–Kier alpha value is -1.17. The minimum atomic E-state index is -7.86. The van der Waals surface area contributed by atoms with Crippen LogP contribution in [0.25, 0.3) is 0 Å². The number of allylic oxidation sites excluding steroid dienone is 1. The predicted molar refractivity (Wildman–Crippen MR) is 45.6 cm³/mol. The largest absolute Gasteiger partial charge is 0.460 e. The molecule has 0 rings (SSSR count). The number of hydrogen-bond donors (Lipinski definition) is 0. The molecule has 0 unspecified atom stereocenters. The summed E-state index contributed by atoms with van der Waals surface area (Å²) in [6.45, 7) is 2.04. The second-order valence-electron chi connectivity index (χ2n) is 4.15. The molecule has 0 atom stereocenters. The van der Waals surface area contributed by atoms with E-state index in [0.29, 0.717) is 0 Å². The van der Waals surface area contributed by atoms with Gasteiger partial charge in [-0.1, -0.05) is 6.58 Å². The smallest absolute Gasteiger partial charge is 0.194 e. The van der Waals surface area contributed by atoms with Gasteiger partial charge in [-0.25, -0.2) is 0 Å². The van der Waals surface area contributed by atoms with E-state index < -0.39 is 41.4 Å². The van der Waals surface area contributed by atoms with E-state index in [1.807, 2.05) is 0 Å². The molecule has 0 nitrogen and oxygen atoms in total. The molecule has 0 fully saturated rings. The van der Waals surface area contributed by atoms with Gasteiger partial charge in [0.05, 0.1) is 0 Å². The van der Waals surface area contributed by atoms with Crippen LogP contribution in [0.15, 0.2) is 12.2 Å². The van der Waals surface area contributed by atoms with Crippen molar-refractivity contribution in [3.8, 4) is 0 Å². The summed E-state index contributed by atoms with van der Waals surface area (Å²) in [6, 6.07) is 0. The summed E-state index contributed by atoms with van der Waals surface area (Å²) in [4.78, 5) is 0. The molecular formula is C9H5F13. The van der Waals surface area contributed by atoms with Gasteiger partial charge < -0.3 is 0 Å². The molecule has 0 heterocycles. The van der Waals surface area contributed by atoms with Crippen molar-refractivity contribution in [3.05, 3.63) is 12.2 Å². The minimum absolute atomic E-state index is 0.0377. The van der Waals surface area contributed by atoms with Gasteiger partial charge in [0, 0.05) is 0 Å². The molecule has 0 spiro atoms. The molecule has 0 aliphatic rings. The van der Waals surface area contributed by atoms with Crippen LogP contribution in [0, 0.1) is 0 Å². The second kappa shape index (κ2) is 4.91. The van der Waals surface area contributed by atoms with Gasteiger partial charge in [-0.2, -0.15) is 57.1 Å². The molecule has 0 N–H and O–H groups in total. The van der Waals surface area contributed by atoms with E-state index in [1.165, 1.54) is 0 Å². The summed E-state index contributed by atoms with van der Waals surface area (Å²) in [5.74, 6) is -36.8. The molecule has 13 heteroatoms. The maximum absolute atomic E-state index is 12.9. The van der Waals surface area contributed by atoms with Crippen LogP contribution in [-0.4, -0.2) is 35.8 Å². The van der Waals surface area contributed by atoms with Crippen LogP contribution in [0.3, 0.4) is 0 Å². The summed E-state index contributed by atoms with van der Waals surface area (Å²) in [5, 5.41) is 0. The molecule has 0 saturated carbocycles. The maximum atomic E-state index is 12.9. The van der Waals surface area contributed by atoms with Gasteiger partial charge >= 0.3 is 35.8 Å². The van der Waals surface area contributed by atoms with E-state index in [-0.39, 0.29) is 6.92 Å². The zero-order valence-electron chi connectivity index (χ0n) is 10.1. The van der Waals surface area contributed by atoms with Crippen molar-refractivity contribution in [2.24, 2.45) is 0 Å². The van der Waals surface area contributed by atoms with Crippen LogP contribution in [0.4, 0.5) is 57.1 Å². The van der Waals surface area contributed by atoms with Crippen molar-refractivity contribution in [2.75, 3.05) is 0 Å². The third-order valence-electron chi connectivity index (χ3n) is 2.47. The van der Waals surface area contributed by atoms with Crippen LogP contribution < -0.4 is 0 Å². The highest BCUT2D eigenvalue weighted by Gasteiger charge is 2.90. The molecule has 22 heavy (non-hydrogen) atoms. The Morgan fingerprint density at radius 2 is 0.818 bits per heavy atom. The molecule has 0 amide bonds. The highest BCUT2D eigenvalue weighted by Crippen LogP contribution is 2.60. The SMILES string of the molecule is C=C(C)C(F)(F)C(F)(F)C(F)(F)C(F)(F)C(F)(F)C(F)(F)F. The lowest BCUT2D eigenvalue weighted by Gasteiger charge is -2.39. The van der Waals surface area contributed by atoms with Gasteiger partial charge in [0.1, 0.15) is 0 Å². The molecule has 132 valence electrons. The van der Waals surface area contributed by atoms with Crippen molar-refractivity contribution < 1.29 is 57.1 Å². The first-order valence-corrected chi connectivity index (χ1v) is 4.81. The standard InChI is InChI=1S/C9H5F13/c1-3(2)4(10,11)5(12,13)6(14,15)7(16,17)8(18,19)9(20,21)22/h1H2,2H3. The fourth-order valence-corrected chi connectivity index (χ4v) is 1.04. The number of hydrogen-bond acceptors (Lipinski definition) is 0. The average Bonchev–Trinajstić information content (AvgIpc) is 2.25. The second-order valence-corrected chi connectivity index (χ2v) is 4.15. The first-order valence-electron chi connectivity index (χ1n) is 4.81. The van der Waals surface area contributed by atoms with E-state index in [2.05, 4.69) is 6.58 Å². The Morgan fingerprint density at radius 1 is 0.545 bits per heavy atom. The predicted octanol–water partition coefficient (Wildman–Crippen LogP) is 5.30. The van der Waals surface area contributed by atoms with Gasteiger partial charge in [-0.05, 0) is 12.5 Å². The summed E-state index contributed by atoms with van der Waals surface area (Å²) >= 11 is 0. The Labute approximate surface area is 113 Å². The molecule has 0 aliphatic heterocycles. The monoisotopic (exact) mass is 360 g/mol. The molecule has 0 aromatic rings. The Balaban J connectivity index is 6.29. The lowest BCUT2D eigenvalue weighted by molar-refractivity contribution is -0.436.